The van der Waals surface area contributed by atoms with Crippen molar-refractivity contribution in [3.8, 4) is 78.4 Å². The van der Waals surface area contributed by atoms with E-state index in [9.17, 15) is 0 Å². The van der Waals surface area contributed by atoms with Crippen LogP contribution in [0.15, 0.2) is 328 Å². The van der Waals surface area contributed by atoms with Crippen molar-refractivity contribution >= 4 is 152 Å². The molecule has 0 spiro atoms. The summed E-state index contributed by atoms with van der Waals surface area (Å²) < 4.78 is 0. The van der Waals surface area contributed by atoms with Crippen LogP contribution in [0.25, 0.3) is 230 Å². The minimum absolute atomic E-state index is 0.847. The number of para-hydroxylation sites is 2. The maximum Gasteiger partial charge on any atom is 0.0978 e. The van der Waals surface area contributed by atoms with Gasteiger partial charge < -0.3 is 0 Å². The molecule has 0 fully saturated rings. The summed E-state index contributed by atoms with van der Waals surface area (Å²) in [6, 6.07) is 109. The average molecular weight is 1320 g/mol. The van der Waals surface area contributed by atoms with Gasteiger partial charge in [-0.05, 0) is 168 Å². The minimum atomic E-state index is 0.847. The highest BCUT2D eigenvalue weighted by molar-refractivity contribution is 6.35. The molecule has 8 heteroatoms. The van der Waals surface area contributed by atoms with Crippen LogP contribution in [0, 0.1) is 0 Å². The Balaban J connectivity index is 0.635. The van der Waals surface area contributed by atoms with Crippen molar-refractivity contribution < 1.29 is 0 Å². The Morgan fingerprint density at radius 3 is 1.29 bits per heavy atom. The van der Waals surface area contributed by atoms with Gasteiger partial charge in [0.2, 0.25) is 0 Å². The molecule has 0 saturated carbocycles. The van der Waals surface area contributed by atoms with E-state index in [4.69, 9.17) is 39.9 Å². The maximum atomic E-state index is 5.61. The van der Waals surface area contributed by atoms with E-state index in [0.717, 1.165) is 203 Å². The predicted octanol–water partition coefficient (Wildman–Crippen LogP) is 24.7. The second kappa shape index (κ2) is 22.7. The quantitative estimate of drug-likeness (QED) is 0.145. The standard InChI is InChI=1S/C96H54N8/c1-4-26-69-65(23-1)66-24-2-5-27-70(66)88-86(69)76-29-7-9-33-84(76)104-91(88)61-20-12-18-57(51-61)81-43-37-58-49-56(36-42-82(58)101-81)78-53-62-21-13-46-98-93(62)96-75(78)41-44-83(102-96)59-35-38-72-79(52-59)67-25-3-6-28-71(67)89-87(72)77-30-8-10-34-85(77)103-90(89)60-19-11-17-55(50-60)64-39-40-68(73-31-15-47-99-94(64)73)80-54-63-22-14-45-97-92(63)95-74(80)32-16-48-100-95/h1-54H. The van der Waals surface area contributed by atoms with E-state index in [1.807, 2.05) is 49.1 Å². The average Bonchev–Trinajstić information content (AvgIpc) is 0.717. The van der Waals surface area contributed by atoms with Crippen molar-refractivity contribution in [2.24, 2.45) is 0 Å². The number of aromatic nitrogens is 8. The van der Waals surface area contributed by atoms with Gasteiger partial charge in [0.05, 0.1) is 66.9 Å². The smallest absolute Gasteiger partial charge is 0.0978 e. The minimum Gasteiger partial charge on any atom is -0.256 e. The molecule has 0 aliphatic rings. The van der Waals surface area contributed by atoms with Crippen LogP contribution in [0.3, 0.4) is 0 Å². The summed E-state index contributed by atoms with van der Waals surface area (Å²) in [6.45, 7) is 0. The lowest BCUT2D eigenvalue weighted by molar-refractivity contribution is 1.37. The van der Waals surface area contributed by atoms with Crippen LogP contribution >= 0.6 is 0 Å². The summed E-state index contributed by atoms with van der Waals surface area (Å²) in [4.78, 5) is 41.7. The number of nitrogens with zero attached hydrogens (tertiary/aromatic N) is 8. The van der Waals surface area contributed by atoms with Crippen molar-refractivity contribution in [1.82, 2.24) is 39.9 Å². The Bertz CT molecular complexity index is 7510. The Labute approximate surface area is 594 Å². The summed E-state index contributed by atoms with van der Waals surface area (Å²) in [5.74, 6) is 0. The van der Waals surface area contributed by atoms with Crippen molar-refractivity contribution in [2.75, 3.05) is 0 Å². The van der Waals surface area contributed by atoms with Gasteiger partial charge in [0.1, 0.15) is 0 Å². The molecule has 0 N–H and O–H groups in total. The third-order valence-corrected chi connectivity index (χ3v) is 21.5. The molecule has 0 aliphatic carbocycles. The highest BCUT2D eigenvalue weighted by atomic mass is 14.8. The van der Waals surface area contributed by atoms with Gasteiger partial charge in [-0.25, -0.2) is 19.9 Å². The number of rotatable bonds is 7. The molecule has 478 valence electrons. The van der Waals surface area contributed by atoms with Gasteiger partial charge in [0.15, 0.2) is 0 Å². The van der Waals surface area contributed by atoms with Gasteiger partial charge in [-0.2, -0.15) is 0 Å². The van der Waals surface area contributed by atoms with Crippen LogP contribution in [0.1, 0.15) is 0 Å². The van der Waals surface area contributed by atoms with Crippen LogP contribution in [0.5, 0.6) is 0 Å². The summed E-state index contributed by atoms with van der Waals surface area (Å²) in [5.41, 5.74) is 21.4. The molecule has 0 atom stereocenters. The summed E-state index contributed by atoms with van der Waals surface area (Å²) >= 11 is 0. The fraction of sp³-hybridized carbons (Fsp3) is 0. The van der Waals surface area contributed by atoms with Crippen LogP contribution in [0.4, 0.5) is 0 Å². The third kappa shape index (κ3) is 8.85. The van der Waals surface area contributed by atoms with E-state index >= 15 is 0 Å². The Hall–Kier alpha value is -14.1. The van der Waals surface area contributed by atoms with Crippen LogP contribution in [-0.4, -0.2) is 39.9 Å². The zero-order valence-electron chi connectivity index (χ0n) is 55.8. The molecule has 8 nitrogen and oxygen atoms in total. The Morgan fingerprint density at radius 2 is 0.615 bits per heavy atom. The van der Waals surface area contributed by atoms with Crippen LogP contribution in [0.2, 0.25) is 0 Å². The van der Waals surface area contributed by atoms with Crippen LogP contribution in [-0.2, 0) is 0 Å². The molecule has 8 aromatic heterocycles. The number of benzene rings is 14. The van der Waals surface area contributed by atoms with Crippen LogP contribution < -0.4 is 0 Å². The first-order chi connectivity index (χ1) is 51.6. The molecular formula is C96H54N8. The van der Waals surface area contributed by atoms with E-state index in [0.29, 0.717) is 0 Å². The molecule has 104 heavy (non-hydrogen) atoms. The molecule has 0 radical (unpaired) electrons. The van der Waals surface area contributed by atoms with E-state index in [-0.39, 0.29) is 0 Å². The fourth-order valence-corrected chi connectivity index (χ4v) is 16.9. The van der Waals surface area contributed by atoms with Gasteiger partial charge in [-0.3, -0.25) is 19.9 Å². The molecule has 0 bridgehead atoms. The predicted molar refractivity (Wildman–Crippen MR) is 432 cm³/mol. The van der Waals surface area contributed by atoms with Gasteiger partial charge in [-0.15, -0.1) is 0 Å². The second-order valence-electron chi connectivity index (χ2n) is 27.2. The zero-order chi connectivity index (χ0) is 68.1. The normalized spacial score (nSPS) is 12.0. The third-order valence-electron chi connectivity index (χ3n) is 21.5. The molecule has 0 saturated heterocycles. The first-order valence-electron chi connectivity index (χ1n) is 35.2. The number of pyridine rings is 8. The van der Waals surface area contributed by atoms with Gasteiger partial charge >= 0.3 is 0 Å². The van der Waals surface area contributed by atoms with Crippen molar-refractivity contribution in [3.05, 3.63) is 328 Å². The number of fused-ring (bicyclic) bond motifs is 24. The van der Waals surface area contributed by atoms with E-state index in [1.54, 1.807) is 0 Å². The molecular weight excluding hydrogens is 1270 g/mol. The lowest BCUT2D eigenvalue weighted by Gasteiger charge is -2.18. The lowest BCUT2D eigenvalue weighted by Crippen LogP contribution is -1.95. The SMILES string of the molecule is c1cc(-c2ccc3cc(-c4cc5cccnc5c5nc(-c6ccc7c(c6)c6ccccc6c6c(-c8cccc(-c9ccc(-c%10cc%11cccnc%11c%11ncccc%10%11)c%10cccnc9%10)c8)nc8ccccc8c76)ccc45)ccc3n2)cc(-c2nc3ccccc3c3c4ccccc4c4ccccc4c23)c1. The molecule has 14 aromatic carbocycles. The van der Waals surface area contributed by atoms with Gasteiger partial charge in [0, 0.05) is 117 Å². The van der Waals surface area contributed by atoms with Crippen molar-refractivity contribution in [1.29, 1.82) is 0 Å². The molecule has 0 aliphatic heterocycles. The second-order valence-corrected chi connectivity index (χ2v) is 27.2. The molecule has 22 rings (SSSR count). The first kappa shape index (κ1) is 57.8. The highest BCUT2D eigenvalue weighted by Gasteiger charge is 2.24. The number of hydrogen-bond donors (Lipinski definition) is 0. The van der Waals surface area contributed by atoms with Gasteiger partial charge in [0.25, 0.3) is 0 Å². The van der Waals surface area contributed by atoms with Crippen molar-refractivity contribution in [3.63, 3.8) is 0 Å². The van der Waals surface area contributed by atoms with Gasteiger partial charge in [-0.1, -0.05) is 206 Å². The molecule has 0 amide bonds. The fourth-order valence-electron chi connectivity index (χ4n) is 16.9. The van der Waals surface area contributed by atoms with E-state index < -0.39 is 0 Å². The van der Waals surface area contributed by atoms with Crippen molar-refractivity contribution in [2.45, 2.75) is 0 Å². The summed E-state index contributed by atoms with van der Waals surface area (Å²) in [6.07, 6.45) is 7.44. The van der Waals surface area contributed by atoms with E-state index in [1.165, 1.54) is 26.9 Å². The maximum absolute atomic E-state index is 5.61. The first-order valence-corrected chi connectivity index (χ1v) is 35.2. The van der Waals surface area contributed by atoms with E-state index in [2.05, 4.69) is 279 Å². The zero-order valence-corrected chi connectivity index (χ0v) is 55.8. The lowest BCUT2D eigenvalue weighted by atomic mass is 9.88. The topological polar surface area (TPSA) is 103 Å². The Morgan fingerprint density at radius 1 is 0.173 bits per heavy atom. The highest BCUT2D eigenvalue weighted by Crippen LogP contribution is 2.48. The number of hydrogen-bond acceptors (Lipinski definition) is 8. The molecule has 22 aromatic rings. The molecule has 0 unspecified atom stereocenters. The molecule has 8 heterocycles. The monoisotopic (exact) mass is 1320 g/mol. The largest absolute Gasteiger partial charge is 0.256 e. The Kier molecular flexibility index (Phi) is 12.6. The summed E-state index contributed by atoms with van der Waals surface area (Å²) in [5, 5.41) is 22.6. The summed E-state index contributed by atoms with van der Waals surface area (Å²) in [7, 11) is 0.